The molecule has 5 nitrogen and oxygen atoms in total. The number of phenols is 1. The molecule has 0 saturated carbocycles. The number of aromatic hydroxyl groups is 1. The number of hydrogen-bond donors (Lipinski definition) is 3. The lowest BCUT2D eigenvalue weighted by molar-refractivity contribution is -0.118. The molecular formula is C24H39NO4. The SMILES string of the molecule is CC1(CCCCCCCCCCCCO)CC(CC(N)=O)c2cc(O)ccc2O1. The fourth-order valence-corrected chi connectivity index (χ4v) is 4.49. The van der Waals surface area contributed by atoms with Crippen molar-refractivity contribution in [1.82, 2.24) is 0 Å². The van der Waals surface area contributed by atoms with Gasteiger partial charge in [0.05, 0.1) is 0 Å². The van der Waals surface area contributed by atoms with Gasteiger partial charge < -0.3 is 20.7 Å². The number of aliphatic hydroxyl groups is 1. The molecule has 0 bridgehead atoms. The molecule has 1 aromatic rings. The Kier molecular flexibility index (Phi) is 9.79. The van der Waals surface area contributed by atoms with Crippen LogP contribution in [0.1, 0.15) is 102 Å². The molecule has 0 aliphatic carbocycles. The van der Waals surface area contributed by atoms with Crippen LogP contribution in [0.5, 0.6) is 11.5 Å². The van der Waals surface area contributed by atoms with E-state index in [9.17, 15) is 9.90 Å². The second kappa shape index (κ2) is 12.1. The maximum absolute atomic E-state index is 11.5. The van der Waals surface area contributed by atoms with Crippen molar-refractivity contribution in [1.29, 1.82) is 0 Å². The van der Waals surface area contributed by atoms with Crippen LogP contribution >= 0.6 is 0 Å². The zero-order chi connectivity index (χ0) is 21.1. The van der Waals surface area contributed by atoms with Crippen molar-refractivity contribution in [3.63, 3.8) is 0 Å². The summed E-state index contributed by atoms with van der Waals surface area (Å²) < 4.78 is 6.30. The smallest absolute Gasteiger partial charge is 0.218 e. The molecule has 164 valence electrons. The van der Waals surface area contributed by atoms with E-state index >= 15 is 0 Å². The minimum atomic E-state index is -0.315. The van der Waals surface area contributed by atoms with Crippen LogP contribution < -0.4 is 10.5 Å². The molecule has 2 atom stereocenters. The van der Waals surface area contributed by atoms with Crippen molar-refractivity contribution in [2.24, 2.45) is 5.73 Å². The molecule has 2 rings (SSSR count). The molecule has 29 heavy (non-hydrogen) atoms. The standard InChI is InChI=1S/C24H39NO4/c1-24(14-10-8-6-4-2-3-5-7-9-11-15-26)18-19(16-23(25)28)21-17-20(27)12-13-22(21)29-24/h12-13,17,19,26-27H,2-11,14-16,18H2,1H3,(H2,25,28). The highest BCUT2D eigenvalue weighted by molar-refractivity contribution is 5.75. The third kappa shape index (κ3) is 8.25. The molecular weight excluding hydrogens is 366 g/mol. The Morgan fingerprint density at radius 3 is 2.24 bits per heavy atom. The van der Waals surface area contributed by atoms with Crippen molar-refractivity contribution < 1.29 is 19.7 Å². The van der Waals surface area contributed by atoms with Crippen LogP contribution in [0.4, 0.5) is 0 Å². The summed E-state index contributed by atoms with van der Waals surface area (Å²) in [5, 5.41) is 18.6. The number of benzene rings is 1. The van der Waals surface area contributed by atoms with Gasteiger partial charge in [-0.25, -0.2) is 0 Å². The van der Waals surface area contributed by atoms with E-state index < -0.39 is 0 Å². The number of nitrogens with two attached hydrogens (primary N) is 1. The fourth-order valence-electron chi connectivity index (χ4n) is 4.49. The first-order valence-electron chi connectivity index (χ1n) is 11.3. The Morgan fingerprint density at radius 1 is 1.07 bits per heavy atom. The van der Waals surface area contributed by atoms with E-state index in [1.165, 1.54) is 44.9 Å². The molecule has 1 aromatic carbocycles. The maximum Gasteiger partial charge on any atom is 0.218 e. The van der Waals surface area contributed by atoms with Gasteiger partial charge in [-0.05, 0) is 50.8 Å². The van der Waals surface area contributed by atoms with Crippen LogP contribution in [0.3, 0.4) is 0 Å². The van der Waals surface area contributed by atoms with Gasteiger partial charge in [-0.3, -0.25) is 4.79 Å². The molecule has 1 heterocycles. The number of rotatable bonds is 14. The van der Waals surface area contributed by atoms with Gasteiger partial charge in [0.15, 0.2) is 0 Å². The van der Waals surface area contributed by atoms with E-state index in [0.29, 0.717) is 6.61 Å². The largest absolute Gasteiger partial charge is 0.508 e. The van der Waals surface area contributed by atoms with Gasteiger partial charge in [0.1, 0.15) is 17.1 Å². The lowest BCUT2D eigenvalue weighted by atomic mass is 9.79. The molecule has 4 N–H and O–H groups in total. The normalized spacial score (nSPS) is 20.8. The van der Waals surface area contributed by atoms with Crippen LogP contribution in [0.15, 0.2) is 18.2 Å². The molecule has 0 radical (unpaired) electrons. The summed E-state index contributed by atoms with van der Waals surface area (Å²) in [5.74, 6) is 0.645. The summed E-state index contributed by atoms with van der Waals surface area (Å²) in [4.78, 5) is 11.5. The van der Waals surface area contributed by atoms with E-state index in [0.717, 1.165) is 43.4 Å². The summed E-state index contributed by atoms with van der Waals surface area (Å²) in [6, 6.07) is 5.14. The number of carbonyl (C=O) groups excluding carboxylic acids is 1. The quantitative estimate of drug-likeness (QED) is 0.372. The van der Waals surface area contributed by atoms with Crippen LogP contribution in [-0.4, -0.2) is 28.3 Å². The third-order valence-corrected chi connectivity index (χ3v) is 6.03. The number of ether oxygens (including phenoxy) is 1. The predicted octanol–water partition coefficient (Wildman–Crippen LogP) is 5.18. The topological polar surface area (TPSA) is 92.8 Å². The van der Waals surface area contributed by atoms with Gasteiger partial charge in [-0.15, -0.1) is 0 Å². The van der Waals surface area contributed by atoms with Crippen molar-refractivity contribution in [2.75, 3.05) is 6.61 Å². The molecule has 2 unspecified atom stereocenters. The average Bonchev–Trinajstić information content (AvgIpc) is 2.66. The highest BCUT2D eigenvalue weighted by Crippen LogP contribution is 2.45. The van der Waals surface area contributed by atoms with Gasteiger partial charge in [0.2, 0.25) is 5.91 Å². The van der Waals surface area contributed by atoms with Crippen molar-refractivity contribution >= 4 is 5.91 Å². The number of phenolic OH excluding ortho intramolecular Hbond substituents is 1. The lowest BCUT2D eigenvalue weighted by Crippen LogP contribution is -2.39. The van der Waals surface area contributed by atoms with Crippen LogP contribution in [0.2, 0.25) is 0 Å². The Balaban J connectivity index is 1.72. The second-order valence-electron chi connectivity index (χ2n) is 8.85. The van der Waals surface area contributed by atoms with Gasteiger partial charge in [0, 0.05) is 24.5 Å². The van der Waals surface area contributed by atoms with Gasteiger partial charge in [0.25, 0.3) is 0 Å². The Morgan fingerprint density at radius 2 is 1.66 bits per heavy atom. The van der Waals surface area contributed by atoms with E-state index in [1.54, 1.807) is 18.2 Å². The first kappa shape index (κ1) is 23.5. The van der Waals surface area contributed by atoms with Crippen LogP contribution in [0, 0.1) is 0 Å². The summed E-state index contributed by atoms with van der Waals surface area (Å²) >= 11 is 0. The minimum Gasteiger partial charge on any atom is -0.508 e. The highest BCUT2D eigenvalue weighted by Gasteiger charge is 2.37. The van der Waals surface area contributed by atoms with E-state index in [2.05, 4.69) is 6.92 Å². The van der Waals surface area contributed by atoms with Gasteiger partial charge in [-0.2, -0.15) is 0 Å². The molecule has 5 heteroatoms. The summed E-state index contributed by atoms with van der Waals surface area (Å²) in [5.41, 5.74) is 6.06. The number of fused-ring (bicyclic) bond motifs is 1. The van der Waals surface area contributed by atoms with Crippen LogP contribution in [0.25, 0.3) is 0 Å². The van der Waals surface area contributed by atoms with Gasteiger partial charge >= 0.3 is 0 Å². The number of aliphatic hydroxyl groups excluding tert-OH is 1. The van der Waals surface area contributed by atoms with E-state index in [-0.39, 0.29) is 29.6 Å². The Bertz CT molecular complexity index is 633. The van der Waals surface area contributed by atoms with Crippen molar-refractivity contribution in [2.45, 2.75) is 102 Å². The zero-order valence-corrected chi connectivity index (χ0v) is 18.0. The highest BCUT2D eigenvalue weighted by atomic mass is 16.5. The molecule has 0 fully saturated rings. The minimum absolute atomic E-state index is 0.000756. The number of carbonyl (C=O) groups is 1. The second-order valence-corrected chi connectivity index (χ2v) is 8.85. The Labute approximate surface area is 175 Å². The van der Waals surface area contributed by atoms with E-state index in [4.69, 9.17) is 15.6 Å². The van der Waals surface area contributed by atoms with Crippen molar-refractivity contribution in [3.05, 3.63) is 23.8 Å². The molecule has 1 amide bonds. The molecule has 1 aliphatic rings. The summed E-state index contributed by atoms with van der Waals surface area (Å²) in [6.45, 7) is 2.45. The zero-order valence-electron chi connectivity index (χ0n) is 18.0. The number of primary amides is 1. The predicted molar refractivity (Wildman–Crippen MR) is 116 cm³/mol. The number of hydrogen-bond acceptors (Lipinski definition) is 4. The molecule has 0 saturated heterocycles. The average molecular weight is 406 g/mol. The summed E-state index contributed by atoms with van der Waals surface area (Å²) in [7, 11) is 0. The van der Waals surface area contributed by atoms with E-state index in [1.807, 2.05) is 0 Å². The molecule has 0 aromatic heterocycles. The number of unbranched alkanes of at least 4 members (excludes halogenated alkanes) is 9. The molecule has 0 spiro atoms. The maximum atomic E-state index is 11.5. The molecule has 1 aliphatic heterocycles. The summed E-state index contributed by atoms with van der Waals surface area (Å²) in [6.07, 6.45) is 14.0. The van der Waals surface area contributed by atoms with Gasteiger partial charge in [-0.1, -0.05) is 51.4 Å². The fraction of sp³-hybridized carbons (Fsp3) is 0.708. The third-order valence-electron chi connectivity index (χ3n) is 6.03. The monoisotopic (exact) mass is 405 g/mol. The Hall–Kier alpha value is -1.75. The first-order valence-corrected chi connectivity index (χ1v) is 11.3. The lowest BCUT2D eigenvalue weighted by Gasteiger charge is -2.40. The first-order chi connectivity index (χ1) is 13.9. The van der Waals surface area contributed by atoms with Crippen LogP contribution in [-0.2, 0) is 4.79 Å². The van der Waals surface area contributed by atoms with Crippen molar-refractivity contribution in [3.8, 4) is 11.5 Å². The number of amides is 1.